The SMILES string of the molecule is CSCCC(NC(=O)C(CO)NC(=O)C(C)NC(=O)C(N)C(C)O)C(=O)O. The first-order valence-corrected chi connectivity index (χ1v) is 9.61. The van der Waals surface area contributed by atoms with E-state index in [-0.39, 0.29) is 6.42 Å². The predicted octanol–water partition coefficient (Wildman–Crippen LogP) is -3.00. The number of carbonyl (C=O) groups is 4. The molecule has 12 heteroatoms. The number of aliphatic hydroxyl groups is 2. The number of hydrogen-bond acceptors (Lipinski definition) is 8. The van der Waals surface area contributed by atoms with Gasteiger partial charge in [-0.15, -0.1) is 0 Å². The number of thioether (sulfide) groups is 1. The van der Waals surface area contributed by atoms with E-state index in [2.05, 4.69) is 16.0 Å². The number of amides is 3. The molecular weight excluding hydrogens is 380 g/mol. The summed E-state index contributed by atoms with van der Waals surface area (Å²) < 4.78 is 0. The lowest BCUT2D eigenvalue weighted by Crippen LogP contribution is -2.58. The van der Waals surface area contributed by atoms with Gasteiger partial charge in [-0.2, -0.15) is 11.8 Å². The lowest BCUT2D eigenvalue weighted by atomic mass is 10.1. The fourth-order valence-electron chi connectivity index (χ4n) is 1.85. The second-order valence-electron chi connectivity index (χ2n) is 5.92. The molecular formula is C15H28N4O7S. The highest BCUT2D eigenvalue weighted by Crippen LogP contribution is 2.02. The minimum Gasteiger partial charge on any atom is -0.480 e. The molecule has 0 saturated carbocycles. The van der Waals surface area contributed by atoms with Crippen molar-refractivity contribution in [3.05, 3.63) is 0 Å². The van der Waals surface area contributed by atoms with Crippen molar-refractivity contribution >= 4 is 35.5 Å². The van der Waals surface area contributed by atoms with E-state index in [1.54, 1.807) is 6.26 Å². The van der Waals surface area contributed by atoms with Crippen LogP contribution in [0.3, 0.4) is 0 Å². The van der Waals surface area contributed by atoms with E-state index < -0.39 is 60.6 Å². The number of carboxylic acids is 1. The molecule has 0 aliphatic carbocycles. The molecule has 0 heterocycles. The molecule has 0 saturated heterocycles. The van der Waals surface area contributed by atoms with Crippen molar-refractivity contribution in [3.8, 4) is 0 Å². The molecule has 0 radical (unpaired) electrons. The summed E-state index contributed by atoms with van der Waals surface area (Å²) in [5.41, 5.74) is 5.45. The van der Waals surface area contributed by atoms with Crippen LogP contribution in [0.1, 0.15) is 20.3 Å². The Morgan fingerprint density at radius 2 is 1.56 bits per heavy atom. The molecule has 8 N–H and O–H groups in total. The van der Waals surface area contributed by atoms with Gasteiger partial charge in [0.05, 0.1) is 12.7 Å². The van der Waals surface area contributed by atoms with Gasteiger partial charge in [0, 0.05) is 0 Å². The van der Waals surface area contributed by atoms with Crippen molar-refractivity contribution in [2.75, 3.05) is 18.6 Å². The summed E-state index contributed by atoms with van der Waals surface area (Å²) in [5, 5.41) is 34.5. The van der Waals surface area contributed by atoms with Gasteiger partial charge >= 0.3 is 5.97 Å². The second kappa shape index (κ2) is 12.5. The highest BCUT2D eigenvalue weighted by atomic mass is 32.2. The van der Waals surface area contributed by atoms with Crippen LogP contribution in [0.25, 0.3) is 0 Å². The fourth-order valence-corrected chi connectivity index (χ4v) is 2.32. The first-order chi connectivity index (χ1) is 12.5. The van der Waals surface area contributed by atoms with Crippen LogP contribution in [0.4, 0.5) is 0 Å². The average molecular weight is 408 g/mol. The standard InChI is InChI=1S/C15H28N4O7S/c1-7(17-14(24)11(16)8(2)21)12(22)19-10(6-20)13(23)18-9(15(25)26)4-5-27-3/h7-11,20-21H,4-6,16H2,1-3H3,(H,17,24)(H,18,23)(H,19,22)(H,25,26). The quantitative estimate of drug-likeness (QED) is 0.176. The lowest BCUT2D eigenvalue weighted by molar-refractivity contribution is -0.142. The summed E-state index contributed by atoms with van der Waals surface area (Å²) in [5.74, 6) is -3.14. The van der Waals surface area contributed by atoms with Gasteiger partial charge in [0.15, 0.2) is 0 Å². The smallest absolute Gasteiger partial charge is 0.326 e. The number of hydrogen-bond donors (Lipinski definition) is 7. The molecule has 5 unspecified atom stereocenters. The zero-order valence-corrected chi connectivity index (χ0v) is 16.3. The minimum atomic E-state index is -1.39. The van der Waals surface area contributed by atoms with Crippen molar-refractivity contribution in [2.24, 2.45) is 5.73 Å². The Morgan fingerprint density at radius 1 is 1.00 bits per heavy atom. The number of nitrogens with two attached hydrogens (primary N) is 1. The summed E-state index contributed by atoms with van der Waals surface area (Å²) in [6.07, 6.45) is 0.847. The topological polar surface area (TPSA) is 191 Å². The van der Waals surface area contributed by atoms with Crippen LogP contribution < -0.4 is 21.7 Å². The Kier molecular flexibility index (Phi) is 11.6. The van der Waals surface area contributed by atoms with Crippen LogP contribution >= 0.6 is 11.8 Å². The van der Waals surface area contributed by atoms with Crippen LogP contribution in [0.15, 0.2) is 0 Å². The average Bonchev–Trinajstić information content (AvgIpc) is 2.61. The summed E-state index contributed by atoms with van der Waals surface area (Å²) >= 11 is 1.41. The maximum absolute atomic E-state index is 12.1. The van der Waals surface area contributed by atoms with E-state index in [4.69, 9.17) is 10.8 Å². The molecule has 27 heavy (non-hydrogen) atoms. The normalized spacial score (nSPS) is 16.4. The molecule has 0 aliphatic heterocycles. The summed E-state index contributed by atoms with van der Waals surface area (Å²) in [6, 6.07) is -4.88. The highest BCUT2D eigenvalue weighted by Gasteiger charge is 2.28. The molecule has 0 rings (SSSR count). The number of carbonyl (C=O) groups excluding carboxylic acids is 3. The van der Waals surface area contributed by atoms with E-state index in [0.29, 0.717) is 5.75 Å². The van der Waals surface area contributed by atoms with Crippen molar-refractivity contribution in [1.29, 1.82) is 0 Å². The summed E-state index contributed by atoms with van der Waals surface area (Å²) in [7, 11) is 0. The van der Waals surface area contributed by atoms with Gasteiger partial charge in [-0.25, -0.2) is 4.79 Å². The van der Waals surface area contributed by atoms with Gasteiger partial charge in [0.2, 0.25) is 17.7 Å². The van der Waals surface area contributed by atoms with E-state index in [1.165, 1.54) is 25.6 Å². The molecule has 3 amide bonds. The lowest BCUT2D eigenvalue weighted by Gasteiger charge is -2.23. The number of aliphatic carboxylic acids is 1. The molecule has 0 aliphatic rings. The van der Waals surface area contributed by atoms with Crippen molar-refractivity contribution in [3.63, 3.8) is 0 Å². The monoisotopic (exact) mass is 408 g/mol. The molecule has 156 valence electrons. The number of nitrogens with one attached hydrogen (secondary N) is 3. The van der Waals surface area contributed by atoms with Gasteiger partial charge < -0.3 is 37.0 Å². The molecule has 5 atom stereocenters. The van der Waals surface area contributed by atoms with Gasteiger partial charge in [0.25, 0.3) is 0 Å². The zero-order chi connectivity index (χ0) is 21.1. The third-order valence-corrected chi connectivity index (χ3v) is 4.26. The molecule has 0 fully saturated rings. The Balaban J connectivity index is 4.79. The van der Waals surface area contributed by atoms with Crippen LogP contribution in [0, 0.1) is 0 Å². The first kappa shape index (κ1) is 25.1. The molecule has 0 spiro atoms. The zero-order valence-electron chi connectivity index (χ0n) is 15.5. The molecule has 11 nitrogen and oxygen atoms in total. The molecule has 0 aromatic rings. The van der Waals surface area contributed by atoms with Crippen LogP contribution in [-0.4, -0.2) is 87.9 Å². The summed E-state index contributed by atoms with van der Waals surface area (Å²) in [6.45, 7) is 1.88. The van der Waals surface area contributed by atoms with Gasteiger partial charge in [-0.3, -0.25) is 14.4 Å². The van der Waals surface area contributed by atoms with Crippen molar-refractivity contribution in [1.82, 2.24) is 16.0 Å². The Labute approximate surface area is 161 Å². The van der Waals surface area contributed by atoms with E-state index >= 15 is 0 Å². The second-order valence-corrected chi connectivity index (χ2v) is 6.91. The molecule has 0 aromatic carbocycles. The minimum absolute atomic E-state index is 0.179. The third kappa shape index (κ3) is 9.04. The van der Waals surface area contributed by atoms with Crippen LogP contribution in [0.2, 0.25) is 0 Å². The fraction of sp³-hybridized carbons (Fsp3) is 0.733. The maximum Gasteiger partial charge on any atom is 0.326 e. The first-order valence-electron chi connectivity index (χ1n) is 8.22. The number of aliphatic hydroxyl groups excluding tert-OH is 2. The van der Waals surface area contributed by atoms with Crippen LogP contribution in [-0.2, 0) is 19.2 Å². The third-order valence-electron chi connectivity index (χ3n) is 3.62. The Hall–Kier alpha value is -1.89. The van der Waals surface area contributed by atoms with Crippen LogP contribution in [0.5, 0.6) is 0 Å². The number of rotatable bonds is 12. The van der Waals surface area contributed by atoms with Crippen molar-refractivity contribution in [2.45, 2.75) is 50.5 Å². The number of carboxylic acid groups (broad SMARTS) is 1. The van der Waals surface area contributed by atoms with E-state index in [1.807, 2.05) is 0 Å². The Bertz CT molecular complexity index is 532. The van der Waals surface area contributed by atoms with Crippen molar-refractivity contribution < 1.29 is 34.5 Å². The Morgan fingerprint density at radius 3 is 2.00 bits per heavy atom. The largest absolute Gasteiger partial charge is 0.480 e. The summed E-state index contributed by atoms with van der Waals surface area (Å²) in [4.78, 5) is 47.1. The van der Waals surface area contributed by atoms with Gasteiger partial charge in [-0.1, -0.05) is 0 Å². The maximum atomic E-state index is 12.1. The van der Waals surface area contributed by atoms with Gasteiger partial charge in [-0.05, 0) is 32.3 Å². The van der Waals surface area contributed by atoms with E-state index in [0.717, 1.165) is 0 Å². The predicted molar refractivity (Wildman–Crippen MR) is 98.8 cm³/mol. The molecule has 0 aromatic heterocycles. The molecule has 0 bridgehead atoms. The van der Waals surface area contributed by atoms with E-state index in [9.17, 15) is 29.4 Å². The highest BCUT2D eigenvalue weighted by molar-refractivity contribution is 7.98. The van der Waals surface area contributed by atoms with Gasteiger partial charge in [0.1, 0.15) is 24.2 Å².